The maximum absolute atomic E-state index is 12.8. The minimum Gasteiger partial charge on any atom is -0.456 e. The van der Waals surface area contributed by atoms with E-state index in [-0.39, 0.29) is 5.56 Å². The number of ether oxygens (including phenoxy) is 2. The van der Waals surface area contributed by atoms with E-state index in [1.807, 2.05) is 56.5 Å². The molecular formula is C20H26N4O3. The van der Waals surface area contributed by atoms with Crippen molar-refractivity contribution < 1.29 is 14.3 Å². The molecular weight excluding hydrogens is 344 g/mol. The van der Waals surface area contributed by atoms with Gasteiger partial charge >= 0.3 is 5.97 Å². The number of para-hydroxylation sites is 2. The van der Waals surface area contributed by atoms with Crippen molar-refractivity contribution in [1.29, 1.82) is 0 Å². The number of nitrogen functional groups attached to an aromatic ring is 1. The summed E-state index contributed by atoms with van der Waals surface area (Å²) in [6.45, 7) is 9.28. The lowest BCUT2D eigenvalue weighted by atomic mass is 10.2. The van der Waals surface area contributed by atoms with E-state index in [1.165, 1.54) is 0 Å². The van der Waals surface area contributed by atoms with Crippen molar-refractivity contribution >= 4 is 34.0 Å². The van der Waals surface area contributed by atoms with Crippen molar-refractivity contribution in [3.63, 3.8) is 0 Å². The van der Waals surface area contributed by atoms with Crippen molar-refractivity contribution in [3.8, 4) is 0 Å². The fourth-order valence-electron chi connectivity index (χ4n) is 2.94. The van der Waals surface area contributed by atoms with Gasteiger partial charge in [0.15, 0.2) is 5.65 Å². The molecule has 0 radical (unpaired) electrons. The molecule has 0 amide bonds. The van der Waals surface area contributed by atoms with Crippen LogP contribution < -0.4 is 5.73 Å². The lowest BCUT2D eigenvalue weighted by Crippen LogP contribution is -2.24. The Morgan fingerprint density at radius 1 is 1.19 bits per heavy atom. The van der Waals surface area contributed by atoms with Gasteiger partial charge in [0.25, 0.3) is 0 Å². The Morgan fingerprint density at radius 3 is 2.48 bits per heavy atom. The predicted octanol–water partition coefficient (Wildman–Crippen LogP) is 3.55. The molecule has 2 heterocycles. The van der Waals surface area contributed by atoms with Crippen LogP contribution in [-0.2, 0) is 16.0 Å². The highest BCUT2D eigenvalue weighted by Gasteiger charge is 2.27. The minimum absolute atomic E-state index is 0.273. The summed E-state index contributed by atoms with van der Waals surface area (Å²) in [7, 11) is 0. The standard InChI is InChI=1S/C20H26N4O3/c1-5-26-12-8-11-24-17(21)15(19(25)27-20(2,3)4)16-18(24)23-14-10-7-6-9-13(14)22-16/h6-7,9-10H,5,8,11-12,21H2,1-4H3. The molecule has 1 aromatic carbocycles. The average Bonchev–Trinajstić information content (AvgIpc) is 2.86. The zero-order chi connectivity index (χ0) is 19.6. The highest BCUT2D eigenvalue weighted by molar-refractivity contribution is 6.08. The molecule has 2 aromatic heterocycles. The fraction of sp³-hybridized carbons (Fsp3) is 0.450. The summed E-state index contributed by atoms with van der Waals surface area (Å²) in [4.78, 5) is 22.2. The highest BCUT2D eigenvalue weighted by Crippen LogP contribution is 2.29. The summed E-state index contributed by atoms with van der Waals surface area (Å²) in [6, 6.07) is 7.55. The molecule has 0 aliphatic heterocycles. The van der Waals surface area contributed by atoms with Crippen LogP contribution in [-0.4, -0.2) is 39.3 Å². The summed E-state index contributed by atoms with van der Waals surface area (Å²) in [6.07, 6.45) is 0.754. The van der Waals surface area contributed by atoms with Gasteiger partial charge in [0.2, 0.25) is 0 Å². The number of hydrogen-bond donors (Lipinski definition) is 1. The highest BCUT2D eigenvalue weighted by atomic mass is 16.6. The molecule has 7 nitrogen and oxygen atoms in total. The lowest BCUT2D eigenvalue weighted by molar-refractivity contribution is 0.00727. The summed E-state index contributed by atoms with van der Waals surface area (Å²) in [5.74, 6) is -0.163. The summed E-state index contributed by atoms with van der Waals surface area (Å²) in [5.41, 5.74) is 8.52. The maximum Gasteiger partial charge on any atom is 0.344 e. The van der Waals surface area contributed by atoms with Crippen molar-refractivity contribution in [1.82, 2.24) is 14.5 Å². The van der Waals surface area contributed by atoms with Crippen LogP contribution in [0.25, 0.3) is 22.2 Å². The number of aromatic nitrogens is 3. The van der Waals surface area contributed by atoms with E-state index in [1.54, 1.807) is 0 Å². The number of benzene rings is 1. The Morgan fingerprint density at radius 2 is 1.85 bits per heavy atom. The first-order valence-corrected chi connectivity index (χ1v) is 9.17. The second kappa shape index (κ2) is 7.52. The molecule has 0 aliphatic carbocycles. The Bertz CT molecular complexity index is 973. The lowest BCUT2D eigenvalue weighted by Gasteiger charge is -2.19. The van der Waals surface area contributed by atoms with Crippen LogP contribution in [0.5, 0.6) is 0 Å². The Hall–Kier alpha value is -2.67. The van der Waals surface area contributed by atoms with E-state index in [9.17, 15) is 4.79 Å². The van der Waals surface area contributed by atoms with Crippen LogP contribution in [0.2, 0.25) is 0 Å². The van der Waals surface area contributed by atoms with Crippen LogP contribution in [0.4, 0.5) is 5.82 Å². The van der Waals surface area contributed by atoms with E-state index in [0.717, 1.165) is 11.9 Å². The van der Waals surface area contributed by atoms with Crippen LogP contribution >= 0.6 is 0 Å². The van der Waals surface area contributed by atoms with Gasteiger partial charge in [-0.15, -0.1) is 0 Å². The van der Waals surface area contributed by atoms with Crippen molar-refractivity contribution in [2.24, 2.45) is 0 Å². The number of carbonyl (C=O) groups excluding carboxylic acids is 1. The topological polar surface area (TPSA) is 92.3 Å². The molecule has 0 saturated heterocycles. The molecule has 144 valence electrons. The van der Waals surface area contributed by atoms with E-state index in [4.69, 9.17) is 20.2 Å². The number of nitrogens with zero attached hydrogens (tertiary/aromatic N) is 3. The van der Waals surface area contributed by atoms with E-state index >= 15 is 0 Å². The van der Waals surface area contributed by atoms with Gasteiger partial charge in [0.05, 0.1) is 11.0 Å². The first-order chi connectivity index (χ1) is 12.8. The Balaban J connectivity index is 2.13. The molecule has 27 heavy (non-hydrogen) atoms. The largest absolute Gasteiger partial charge is 0.456 e. The number of carbonyl (C=O) groups is 1. The van der Waals surface area contributed by atoms with E-state index in [2.05, 4.69) is 4.98 Å². The number of hydrogen-bond acceptors (Lipinski definition) is 6. The zero-order valence-electron chi connectivity index (χ0n) is 16.3. The number of fused-ring (bicyclic) bond motifs is 2. The van der Waals surface area contributed by atoms with Gasteiger partial charge in [-0.25, -0.2) is 14.8 Å². The first-order valence-electron chi connectivity index (χ1n) is 9.17. The van der Waals surface area contributed by atoms with Crippen molar-refractivity contribution in [2.75, 3.05) is 18.9 Å². The van der Waals surface area contributed by atoms with Gasteiger partial charge in [-0.2, -0.15) is 0 Å². The first kappa shape index (κ1) is 19.1. The third kappa shape index (κ3) is 4.03. The van der Waals surface area contributed by atoms with Gasteiger partial charge in [-0.1, -0.05) is 12.1 Å². The summed E-state index contributed by atoms with van der Waals surface area (Å²) >= 11 is 0. The van der Waals surface area contributed by atoms with Crippen LogP contribution in [0.15, 0.2) is 24.3 Å². The molecule has 0 saturated carbocycles. The molecule has 0 spiro atoms. The van der Waals surface area contributed by atoms with E-state index < -0.39 is 11.6 Å². The predicted molar refractivity (Wildman–Crippen MR) is 106 cm³/mol. The van der Waals surface area contributed by atoms with Crippen LogP contribution in [0.1, 0.15) is 44.5 Å². The Labute approximate surface area is 158 Å². The molecule has 0 atom stereocenters. The van der Waals surface area contributed by atoms with Crippen LogP contribution in [0.3, 0.4) is 0 Å². The molecule has 3 aromatic rings. The number of rotatable bonds is 6. The van der Waals surface area contributed by atoms with Gasteiger partial charge in [0, 0.05) is 19.8 Å². The second-order valence-electron chi connectivity index (χ2n) is 7.35. The molecule has 0 unspecified atom stereocenters. The average molecular weight is 370 g/mol. The van der Waals surface area contributed by atoms with E-state index in [0.29, 0.717) is 42.3 Å². The minimum atomic E-state index is -0.628. The van der Waals surface area contributed by atoms with Gasteiger partial charge < -0.3 is 19.8 Å². The number of esters is 1. The SMILES string of the molecule is CCOCCCn1c(N)c(C(=O)OC(C)(C)C)c2nc3ccccc3nc21. The van der Waals surface area contributed by atoms with Gasteiger partial charge in [0.1, 0.15) is 22.5 Å². The second-order valence-corrected chi connectivity index (χ2v) is 7.35. The van der Waals surface area contributed by atoms with Crippen molar-refractivity contribution in [2.45, 2.75) is 46.3 Å². The smallest absolute Gasteiger partial charge is 0.344 e. The van der Waals surface area contributed by atoms with Gasteiger partial charge in [-0.05, 0) is 46.2 Å². The number of aryl methyl sites for hydroxylation is 1. The van der Waals surface area contributed by atoms with Crippen LogP contribution in [0, 0.1) is 0 Å². The fourth-order valence-corrected chi connectivity index (χ4v) is 2.94. The molecule has 3 rings (SSSR count). The Kier molecular flexibility index (Phi) is 5.32. The number of anilines is 1. The molecule has 2 N–H and O–H groups in total. The third-order valence-electron chi connectivity index (χ3n) is 4.07. The molecule has 0 fully saturated rings. The number of nitrogens with two attached hydrogens (primary N) is 1. The van der Waals surface area contributed by atoms with Crippen molar-refractivity contribution in [3.05, 3.63) is 29.8 Å². The molecule has 7 heteroatoms. The monoisotopic (exact) mass is 370 g/mol. The third-order valence-corrected chi connectivity index (χ3v) is 4.07. The molecule has 0 bridgehead atoms. The maximum atomic E-state index is 12.8. The normalized spacial score (nSPS) is 12.0. The van der Waals surface area contributed by atoms with Gasteiger partial charge in [-0.3, -0.25) is 0 Å². The summed E-state index contributed by atoms with van der Waals surface area (Å²) < 4.78 is 12.8. The molecule has 0 aliphatic rings. The zero-order valence-corrected chi connectivity index (χ0v) is 16.3. The quantitative estimate of drug-likeness (QED) is 0.527. The summed E-state index contributed by atoms with van der Waals surface area (Å²) in [5, 5.41) is 0.